The molecule has 2 aromatic rings. The average Bonchev–Trinajstić information content (AvgIpc) is 2.59. The smallest absolute Gasteiger partial charge is 0.0643 e. The predicted octanol–water partition coefficient (Wildman–Crippen LogP) is 3.35. The number of rotatable bonds is 9. The fourth-order valence-electron chi connectivity index (χ4n) is 2.12. The first-order valence-corrected chi connectivity index (χ1v) is 7.06. The van der Waals surface area contributed by atoms with E-state index >= 15 is 0 Å². The zero-order valence-electron chi connectivity index (χ0n) is 12.2. The van der Waals surface area contributed by atoms with Gasteiger partial charge in [-0.15, -0.1) is 9.81 Å². The molecular formula is C16H18N4O2. The molecule has 6 heteroatoms. The largest absolute Gasteiger partial charge is 0.255 e. The van der Waals surface area contributed by atoms with Gasteiger partial charge < -0.3 is 0 Å². The van der Waals surface area contributed by atoms with Gasteiger partial charge in [-0.2, -0.15) is 0 Å². The molecule has 0 amide bonds. The summed E-state index contributed by atoms with van der Waals surface area (Å²) in [4.78, 5) is 21.8. The van der Waals surface area contributed by atoms with Gasteiger partial charge in [0.25, 0.3) is 0 Å². The molecule has 2 aromatic carbocycles. The standard InChI is InChI=1S/C16H18N4O2/c21-17-19(13-15-7-3-1-4-8-15)11-12-20(18-22)14-16-9-5-2-6-10-16/h1-10H,11-14H2. The molecule has 0 N–H and O–H groups in total. The van der Waals surface area contributed by atoms with Crippen LogP contribution in [0.25, 0.3) is 0 Å². The van der Waals surface area contributed by atoms with Crippen LogP contribution in [0.15, 0.2) is 71.2 Å². The highest BCUT2D eigenvalue weighted by Crippen LogP contribution is 2.07. The van der Waals surface area contributed by atoms with Gasteiger partial charge in [0.15, 0.2) is 0 Å². The van der Waals surface area contributed by atoms with E-state index in [0.717, 1.165) is 11.1 Å². The van der Waals surface area contributed by atoms with Crippen LogP contribution in [0.4, 0.5) is 0 Å². The molecule has 0 heterocycles. The number of hydrogen-bond donors (Lipinski definition) is 0. The summed E-state index contributed by atoms with van der Waals surface area (Å²) in [5, 5.41) is 8.79. The summed E-state index contributed by atoms with van der Waals surface area (Å²) in [7, 11) is 0. The van der Waals surface area contributed by atoms with Crippen molar-refractivity contribution in [2.75, 3.05) is 13.1 Å². The third kappa shape index (κ3) is 4.97. The van der Waals surface area contributed by atoms with E-state index in [1.807, 2.05) is 60.7 Å². The number of hydrogen-bond acceptors (Lipinski definition) is 4. The maximum Gasteiger partial charge on any atom is 0.0643 e. The van der Waals surface area contributed by atoms with Gasteiger partial charge >= 0.3 is 0 Å². The van der Waals surface area contributed by atoms with Crippen molar-refractivity contribution in [2.45, 2.75) is 13.1 Å². The molecule has 0 spiro atoms. The lowest BCUT2D eigenvalue weighted by Crippen LogP contribution is -2.28. The highest BCUT2D eigenvalue weighted by molar-refractivity contribution is 5.15. The third-order valence-electron chi connectivity index (χ3n) is 3.26. The van der Waals surface area contributed by atoms with E-state index < -0.39 is 0 Å². The van der Waals surface area contributed by atoms with E-state index in [1.165, 1.54) is 10.0 Å². The Bertz CT molecular complexity index is 524. The zero-order chi connectivity index (χ0) is 15.6. The second-order valence-electron chi connectivity index (χ2n) is 4.91. The Morgan fingerprint density at radius 1 is 0.636 bits per heavy atom. The van der Waals surface area contributed by atoms with Gasteiger partial charge in [0.2, 0.25) is 0 Å². The Kier molecular flexibility index (Phi) is 6.04. The van der Waals surface area contributed by atoms with Crippen molar-refractivity contribution >= 4 is 0 Å². The maximum atomic E-state index is 10.9. The summed E-state index contributed by atoms with van der Waals surface area (Å²) in [5.74, 6) is 0. The number of nitrogens with zero attached hydrogens (tertiary/aromatic N) is 4. The van der Waals surface area contributed by atoms with E-state index in [0.29, 0.717) is 26.2 Å². The van der Waals surface area contributed by atoms with Crippen molar-refractivity contribution in [1.29, 1.82) is 0 Å². The van der Waals surface area contributed by atoms with Gasteiger partial charge in [-0.25, -0.2) is 0 Å². The predicted molar refractivity (Wildman–Crippen MR) is 85.3 cm³/mol. The van der Waals surface area contributed by atoms with Crippen molar-refractivity contribution in [3.05, 3.63) is 81.6 Å². The fraction of sp³-hybridized carbons (Fsp3) is 0.250. The van der Waals surface area contributed by atoms with Crippen LogP contribution >= 0.6 is 0 Å². The highest BCUT2D eigenvalue weighted by Gasteiger charge is 2.09. The Morgan fingerprint density at radius 2 is 1.00 bits per heavy atom. The molecular weight excluding hydrogens is 280 g/mol. The second-order valence-corrected chi connectivity index (χ2v) is 4.91. The first kappa shape index (κ1) is 15.6. The molecule has 6 nitrogen and oxygen atoms in total. The van der Waals surface area contributed by atoms with Crippen molar-refractivity contribution < 1.29 is 0 Å². The summed E-state index contributed by atoms with van der Waals surface area (Å²) < 4.78 is 0. The van der Waals surface area contributed by atoms with Gasteiger partial charge in [-0.3, -0.25) is 10.0 Å². The SMILES string of the molecule is O=NN(CCN(Cc1ccccc1)N=O)Cc1ccccc1. The fourth-order valence-corrected chi connectivity index (χ4v) is 2.12. The normalized spacial score (nSPS) is 10.0. The lowest BCUT2D eigenvalue weighted by Gasteiger charge is -2.20. The van der Waals surface area contributed by atoms with Crippen LogP contribution < -0.4 is 0 Å². The molecule has 2 rings (SSSR count). The molecule has 0 atom stereocenters. The van der Waals surface area contributed by atoms with Crippen LogP contribution in [0.3, 0.4) is 0 Å². The molecule has 0 aliphatic heterocycles. The van der Waals surface area contributed by atoms with Gasteiger partial charge in [-0.05, 0) is 11.1 Å². The Hall–Kier alpha value is -2.76. The summed E-state index contributed by atoms with van der Waals surface area (Å²) in [6.45, 7) is 1.53. The molecule has 22 heavy (non-hydrogen) atoms. The van der Waals surface area contributed by atoms with Crippen molar-refractivity contribution in [3.8, 4) is 0 Å². The molecule has 0 aromatic heterocycles. The van der Waals surface area contributed by atoms with Crippen LogP contribution in [-0.4, -0.2) is 23.1 Å². The van der Waals surface area contributed by atoms with E-state index in [4.69, 9.17) is 0 Å². The van der Waals surface area contributed by atoms with Gasteiger partial charge in [0.1, 0.15) is 0 Å². The van der Waals surface area contributed by atoms with E-state index in [2.05, 4.69) is 10.6 Å². The first-order valence-electron chi connectivity index (χ1n) is 7.06. The molecule has 0 aliphatic rings. The zero-order valence-corrected chi connectivity index (χ0v) is 12.2. The van der Waals surface area contributed by atoms with Crippen LogP contribution in [0.5, 0.6) is 0 Å². The highest BCUT2D eigenvalue weighted by atomic mass is 16.3. The molecule has 0 saturated heterocycles. The average molecular weight is 298 g/mol. The lowest BCUT2D eigenvalue weighted by molar-refractivity contribution is 0.199. The minimum atomic E-state index is 0.344. The van der Waals surface area contributed by atoms with Crippen molar-refractivity contribution in [2.24, 2.45) is 10.6 Å². The lowest BCUT2D eigenvalue weighted by atomic mass is 10.2. The van der Waals surface area contributed by atoms with Crippen LogP contribution in [0.2, 0.25) is 0 Å². The summed E-state index contributed by atoms with van der Waals surface area (Å²) in [5.41, 5.74) is 1.99. The van der Waals surface area contributed by atoms with E-state index in [1.54, 1.807) is 0 Å². The molecule has 0 bridgehead atoms. The minimum absolute atomic E-state index is 0.344. The summed E-state index contributed by atoms with van der Waals surface area (Å²) in [6, 6.07) is 19.2. The minimum Gasteiger partial charge on any atom is -0.255 e. The second kappa shape index (κ2) is 8.51. The monoisotopic (exact) mass is 298 g/mol. The van der Waals surface area contributed by atoms with Crippen LogP contribution in [-0.2, 0) is 13.1 Å². The molecule has 0 fully saturated rings. The van der Waals surface area contributed by atoms with Crippen molar-refractivity contribution in [1.82, 2.24) is 10.0 Å². The Labute approximate surface area is 129 Å². The Morgan fingerprint density at radius 3 is 1.32 bits per heavy atom. The van der Waals surface area contributed by atoms with Gasteiger partial charge in [-0.1, -0.05) is 60.7 Å². The molecule has 0 unspecified atom stereocenters. The number of benzene rings is 2. The Balaban J connectivity index is 1.85. The molecule has 0 radical (unpaired) electrons. The first-order chi connectivity index (χ1) is 10.8. The summed E-state index contributed by atoms with van der Waals surface area (Å²) in [6.07, 6.45) is 0. The van der Waals surface area contributed by atoms with E-state index in [9.17, 15) is 9.81 Å². The van der Waals surface area contributed by atoms with Crippen LogP contribution in [0, 0.1) is 9.81 Å². The third-order valence-corrected chi connectivity index (χ3v) is 3.26. The maximum absolute atomic E-state index is 10.9. The van der Waals surface area contributed by atoms with Crippen molar-refractivity contribution in [3.63, 3.8) is 0 Å². The molecule has 0 aliphatic carbocycles. The molecule has 0 saturated carbocycles. The topological polar surface area (TPSA) is 65.3 Å². The van der Waals surface area contributed by atoms with Crippen LogP contribution in [0.1, 0.15) is 11.1 Å². The quantitative estimate of drug-likeness (QED) is 0.526. The number of nitroso groups, excluding NO2 is 2. The summed E-state index contributed by atoms with van der Waals surface area (Å²) >= 11 is 0. The molecule has 114 valence electrons. The van der Waals surface area contributed by atoms with Gasteiger partial charge in [0, 0.05) is 0 Å². The van der Waals surface area contributed by atoms with Gasteiger partial charge in [0.05, 0.1) is 36.8 Å². The van der Waals surface area contributed by atoms with E-state index in [-0.39, 0.29) is 0 Å².